The summed E-state index contributed by atoms with van der Waals surface area (Å²) in [7, 11) is 0. The van der Waals surface area contributed by atoms with Crippen LogP contribution in [0, 0.1) is 11.3 Å². The first-order valence-corrected chi connectivity index (χ1v) is 7.66. The van der Waals surface area contributed by atoms with Crippen LogP contribution in [-0.2, 0) is 6.54 Å². The number of rotatable bonds is 6. The Morgan fingerprint density at radius 3 is 2.50 bits per heavy atom. The standard InChI is InChI=1S/C17H23N/c1-2-4-16(13-5-6-13)14(3-1)11-18-12-17(9-10-17)15-7-8-15/h1-4,13,15,18H,5-12H2. The molecule has 0 radical (unpaired) electrons. The molecule has 0 bridgehead atoms. The van der Waals surface area contributed by atoms with Crippen LogP contribution in [0.2, 0.25) is 0 Å². The van der Waals surface area contributed by atoms with Gasteiger partial charge in [-0.3, -0.25) is 0 Å². The summed E-state index contributed by atoms with van der Waals surface area (Å²) in [5.41, 5.74) is 3.89. The van der Waals surface area contributed by atoms with Crippen LogP contribution in [0.25, 0.3) is 0 Å². The maximum Gasteiger partial charge on any atom is 0.0208 e. The fraction of sp³-hybridized carbons (Fsp3) is 0.647. The molecule has 96 valence electrons. The van der Waals surface area contributed by atoms with E-state index in [1.165, 1.54) is 45.1 Å². The average molecular weight is 241 g/mol. The van der Waals surface area contributed by atoms with E-state index in [0.29, 0.717) is 0 Å². The zero-order valence-corrected chi connectivity index (χ0v) is 11.1. The molecule has 0 aliphatic heterocycles. The molecule has 18 heavy (non-hydrogen) atoms. The van der Waals surface area contributed by atoms with Crippen LogP contribution in [0.3, 0.4) is 0 Å². The zero-order chi connectivity index (χ0) is 12.0. The monoisotopic (exact) mass is 241 g/mol. The van der Waals surface area contributed by atoms with Gasteiger partial charge < -0.3 is 5.32 Å². The Labute approximate surface area is 110 Å². The molecule has 0 atom stereocenters. The van der Waals surface area contributed by atoms with E-state index in [1.54, 1.807) is 11.1 Å². The van der Waals surface area contributed by atoms with Gasteiger partial charge in [0.15, 0.2) is 0 Å². The molecule has 1 heteroatoms. The quantitative estimate of drug-likeness (QED) is 0.798. The first-order valence-electron chi connectivity index (χ1n) is 7.66. The van der Waals surface area contributed by atoms with Gasteiger partial charge in [-0.1, -0.05) is 24.3 Å². The molecule has 1 nitrogen and oxygen atoms in total. The van der Waals surface area contributed by atoms with Crippen molar-refractivity contribution >= 4 is 0 Å². The van der Waals surface area contributed by atoms with Crippen LogP contribution in [0.15, 0.2) is 24.3 Å². The number of nitrogens with one attached hydrogen (secondary N) is 1. The summed E-state index contributed by atoms with van der Waals surface area (Å²) in [6.45, 7) is 2.35. The van der Waals surface area contributed by atoms with Gasteiger partial charge in [0.05, 0.1) is 0 Å². The Bertz CT molecular complexity index is 439. The molecule has 0 aromatic heterocycles. The molecule has 3 fully saturated rings. The molecule has 0 spiro atoms. The third-order valence-electron chi connectivity index (χ3n) is 5.20. The highest BCUT2D eigenvalue weighted by Gasteiger charge is 2.53. The van der Waals surface area contributed by atoms with Gasteiger partial charge in [-0.25, -0.2) is 0 Å². The van der Waals surface area contributed by atoms with Gasteiger partial charge in [0.1, 0.15) is 0 Å². The lowest BCUT2D eigenvalue weighted by molar-refractivity contribution is 0.403. The molecule has 0 heterocycles. The van der Waals surface area contributed by atoms with Gasteiger partial charge in [0.2, 0.25) is 0 Å². The van der Waals surface area contributed by atoms with Crippen molar-refractivity contribution in [2.45, 2.75) is 51.0 Å². The summed E-state index contributed by atoms with van der Waals surface area (Å²) >= 11 is 0. The van der Waals surface area contributed by atoms with Crippen LogP contribution in [0.1, 0.15) is 55.6 Å². The predicted octanol–water partition coefficient (Wildman–Crippen LogP) is 3.84. The lowest BCUT2D eigenvalue weighted by Gasteiger charge is -2.16. The van der Waals surface area contributed by atoms with E-state index < -0.39 is 0 Å². The predicted molar refractivity (Wildman–Crippen MR) is 74.5 cm³/mol. The Hall–Kier alpha value is -0.820. The third kappa shape index (κ3) is 2.09. The van der Waals surface area contributed by atoms with Crippen molar-refractivity contribution < 1.29 is 0 Å². The van der Waals surface area contributed by atoms with E-state index in [1.807, 2.05) is 0 Å². The maximum atomic E-state index is 3.75. The van der Waals surface area contributed by atoms with Gasteiger partial charge in [0.25, 0.3) is 0 Å². The topological polar surface area (TPSA) is 12.0 Å². The fourth-order valence-corrected chi connectivity index (χ4v) is 3.52. The fourth-order valence-electron chi connectivity index (χ4n) is 3.52. The van der Waals surface area contributed by atoms with Gasteiger partial charge in [-0.15, -0.1) is 0 Å². The largest absolute Gasteiger partial charge is 0.312 e. The second-order valence-corrected chi connectivity index (χ2v) is 6.71. The van der Waals surface area contributed by atoms with Gasteiger partial charge >= 0.3 is 0 Å². The molecule has 0 amide bonds. The van der Waals surface area contributed by atoms with Crippen molar-refractivity contribution in [1.82, 2.24) is 5.32 Å². The van der Waals surface area contributed by atoms with Crippen LogP contribution >= 0.6 is 0 Å². The third-order valence-corrected chi connectivity index (χ3v) is 5.20. The SMILES string of the molecule is c1ccc(C2CC2)c(CNCC2(C3CC3)CC2)c1. The molecule has 3 aliphatic carbocycles. The van der Waals surface area contributed by atoms with E-state index in [2.05, 4.69) is 29.6 Å². The first-order chi connectivity index (χ1) is 8.87. The molecule has 4 rings (SSSR count). The van der Waals surface area contributed by atoms with Crippen LogP contribution < -0.4 is 5.32 Å². The van der Waals surface area contributed by atoms with Gasteiger partial charge in [-0.2, -0.15) is 0 Å². The minimum absolute atomic E-state index is 0.731. The molecule has 1 aromatic rings. The highest BCUT2D eigenvalue weighted by molar-refractivity contribution is 5.33. The Kier molecular flexibility index (Phi) is 2.51. The summed E-state index contributed by atoms with van der Waals surface area (Å²) in [5.74, 6) is 1.95. The van der Waals surface area contributed by atoms with Gasteiger partial charge in [-0.05, 0) is 66.9 Å². The lowest BCUT2D eigenvalue weighted by Crippen LogP contribution is -2.25. The highest BCUT2D eigenvalue weighted by atomic mass is 14.9. The van der Waals surface area contributed by atoms with Crippen molar-refractivity contribution in [1.29, 1.82) is 0 Å². The normalized spacial score (nSPS) is 25.1. The van der Waals surface area contributed by atoms with Crippen molar-refractivity contribution in [3.05, 3.63) is 35.4 Å². The average Bonchev–Trinajstić information content (AvgIpc) is 3.26. The minimum atomic E-state index is 0.731. The van der Waals surface area contributed by atoms with Crippen molar-refractivity contribution in [2.24, 2.45) is 11.3 Å². The van der Waals surface area contributed by atoms with E-state index in [4.69, 9.17) is 0 Å². The van der Waals surface area contributed by atoms with Crippen molar-refractivity contribution in [3.63, 3.8) is 0 Å². The smallest absolute Gasteiger partial charge is 0.0208 e. The Morgan fingerprint density at radius 1 is 1.06 bits per heavy atom. The van der Waals surface area contributed by atoms with Crippen molar-refractivity contribution in [2.75, 3.05) is 6.54 Å². The van der Waals surface area contributed by atoms with Crippen LogP contribution in [0.5, 0.6) is 0 Å². The minimum Gasteiger partial charge on any atom is -0.312 e. The molecule has 0 saturated heterocycles. The number of hydrogen-bond donors (Lipinski definition) is 1. The van der Waals surface area contributed by atoms with Gasteiger partial charge in [0, 0.05) is 13.1 Å². The summed E-state index contributed by atoms with van der Waals surface area (Å²) in [4.78, 5) is 0. The Morgan fingerprint density at radius 2 is 1.83 bits per heavy atom. The molecular formula is C17H23N. The van der Waals surface area contributed by atoms with Crippen molar-refractivity contribution in [3.8, 4) is 0 Å². The van der Waals surface area contributed by atoms with E-state index in [-0.39, 0.29) is 0 Å². The molecule has 1 aromatic carbocycles. The first kappa shape index (κ1) is 11.0. The Balaban J connectivity index is 1.37. The number of hydrogen-bond acceptors (Lipinski definition) is 1. The highest BCUT2D eigenvalue weighted by Crippen LogP contribution is 2.60. The second kappa shape index (κ2) is 4.09. The molecule has 0 unspecified atom stereocenters. The summed E-state index contributed by atoms with van der Waals surface area (Å²) in [6.07, 6.45) is 8.77. The number of benzene rings is 1. The summed E-state index contributed by atoms with van der Waals surface area (Å²) in [5, 5.41) is 3.75. The maximum absolute atomic E-state index is 3.75. The molecule has 3 saturated carbocycles. The molecular weight excluding hydrogens is 218 g/mol. The van der Waals surface area contributed by atoms with E-state index in [0.717, 1.165) is 23.8 Å². The van der Waals surface area contributed by atoms with Crippen LogP contribution in [0.4, 0.5) is 0 Å². The van der Waals surface area contributed by atoms with E-state index >= 15 is 0 Å². The lowest BCUT2D eigenvalue weighted by atomic mass is 10.00. The second-order valence-electron chi connectivity index (χ2n) is 6.71. The van der Waals surface area contributed by atoms with E-state index in [9.17, 15) is 0 Å². The molecule has 3 aliphatic rings. The van der Waals surface area contributed by atoms with Crippen LogP contribution in [-0.4, -0.2) is 6.54 Å². The molecule has 1 N–H and O–H groups in total. The zero-order valence-electron chi connectivity index (χ0n) is 11.1. The summed E-state index contributed by atoms with van der Waals surface area (Å²) < 4.78 is 0. The summed E-state index contributed by atoms with van der Waals surface area (Å²) in [6, 6.07) is 9.04.